The first kappa shape index (κ1) is 33.8. The van der Waals surface area contributed by atoms with Gasteiger partial charge in [0.2, 0.25) is 17.6 Å². The normalized spacial score (nSPS) is 18.2. The maximum absolute atomic E-state index is 13.9. The Balaban J connectivity index is 2.23. The van der Waals surface area contributed by atoms with Gasteiger partial charge in [0.1, 0.15) is 30.5 Å². The van der Waals surface area contributed by atoms with Crippen LogP contribution in [0.1, 0.15) is 53.7 Å². The van der Waals surface area contributed by atoms with Gasteiger partial charge in [0.15, 0.2) is 0 Å². The van der Waals surface area contributed by atoms with E-state index in [-0.39, 0.29) is 25.5 Å². The molecule has 1 fully saturated rings. The molecule has 0 unspecified atom stereocenters. The van der Waals surface area contributed by atoms with Crippen LogP contribution in [0.4, 0.5) is 4.79 Å². The number of carbonyl (C=O) groups excluding carboxylic acids is 6. The molecule has 1 aromatic heterocycles. The summed E-state index contributed by atoms with van der Waals surface area (Å²) < 4.78 is 10.5. The van der Waals surface area contributed by atoms with Crippen molar-refractivity contribution in [3.05, 3.63) is 42.5 Å². The monoisotopic (exact) mass is 587 g/mol. The Bertz CT molecular complexity index is 1220. The third-order valence-corrected chi connectivity index (χ3v) is 6.67. The quantitative estimate of drug-likeness (QED) is 0.169. The molecule has 0 aliphatic carbocycles. The van der Waals surface area contributed by atoms with Crippen molar-refractivity contribution in [2.75, 3.05) is 13.1 Å². The second-order valence-electron chi connectivity index (χ2n) is 12.3. The molecule has 0 radical (unpaired) electrons. The number of esters is 1. The van der Waals surface area contributed by atoms with Crippen molar-refractivity contribution in [3.8, 4) is 0 Å². The van der Waals surface area contributed by atoms with E-state index in [1.54, 1.807) is 59.8 Å². The van der Waals surface area contributed by atoms with Crippen molar-refractivity contribution >= 4 is 35.5 Å². The fourth-order valence-corrected chi connectivity index (χ4v) is 4.39. The number of nitrogens with zero attached hydrogens (tertiary/aromatic N) is 1. The van der Waals surface area contributed by atoms with Crippen LogP contribution in [0.2, 0.25) is 0 Å². The van der Waals surface area contributed by atoms with Gasteiger partial charge in [0, 0.05) is 12.5 Å². The molecule has 5 N–H and O–H groups in total. The molecule has 42 heavy (non-hydrogen) atoms. The molecule has 1 aromatic rings. The summed E-state index contributed by atoms with van der Waals surface area (Å²) in [5.41, 5.74) is 6.06. The summed E-state index contributed by atoms with van der Waals surface area (Å²) in [6.07, 6.45) is 3.29. The Hall–Kier alpha value is -4.38. The number of primary amides is 1. The summed E-state index contributed by atoms with van der Waals surface area (Å²) >= 11 is 0. The lowest BCUT2D eigenvalue weighted by molar-refractivity contribution is -0.150. The second-order valence-corrected chi connectivity index (χ2v) is 12.3. The van der Waals surface area contributed by atoms with Crippen LogP contribution < -0.4 is 21.7 Å². The highest BCUT2D eigenvalue weighted by atomic mass is 16.5. The van der Waals surface area contributed by atoms with Gasteiger partial charge in [-0.05, 0) is 35.5 Å². The van der Waals surface area contributed by atoms with Crippen molar-refractivity contribution in [2.45, 2.75) is 72.7 Å². The van der Waals surface area contributed by atoms with Gasteiger partial charge < -0.3 is 35.7 Å². The van der Waals surface area contributed by atoms with Crippen LogP contribution in [-0.4, -0.2) is 71.6 Å². The summed E-state index contributed by atoms with van der Waals surface area (Å²) in [5.74, 6) is -3.89. The molecule has 0 saturated carbocycles. The van der Waals surface area contributed by atoms with Crippen LogP contribution in [0.5, 0.6) is 0 Å². The van der Waals surface area contributed by atoms with Crippen LogP contribution in [0, 0.1) is 16.7 Å². The number of Topliss-reactive ketones (excluding diaryl/α,β-unsaturated/α-hetero) is 1. The van der Waals surface area contributed by atoms with E-state index in [1.165, 1.54) is 11.2 Å². The van der Waals surface area contributed by atoms with E-state index in [9.17, 15) is 28.8 Å². The third-order valence-electron chi connectivity index (χ3n) is 6.67. The fourth-order valence-electron chi connectivity index (χ4n) is 4.39. The van der Waals surface area contributed by atoms with Crippen molar-refractivity contribution in [1.82, 2.24) is 20.9 Å². The van der Waals surface area contributed by atoms with Gasteiger partial charge in [-0.25, -0.2) is 9.59 Å². The fraction of sp³-hybridized carbons (Fsp3) is 0.552. The lowest BCUT2D eigenvalue weighted by Gasteiger charge is -2.36. The zero-order valence-electron chi connectivity index (χ0n) is 24.9. The first-order valence-corrected chi connectivity index (χ1v) is 13.5. The SMILES string of the molecule is C=C=C[C@@H]1C[C@@H](C(=O)NCC(=O)C(N)=O)N(C(=O)[C@@H](NC(=O)N[C@H](C(=O)OCc2ccco2)C(C)(C)C)C(C)(C)C)C1. The molecule has 2 heterocycles. The molecule has 4 atom stereocenters. The first-order valence-electron chi connectivity index (χ1n) is 13.5. The van der Waals surface area contributed by atoms with E-state index in [0.717, 1.165) is 0 Å². The highest BCUT2D eigenvalue weighted by Gasteiger charge is 2.45. The van der Waals surface area contributed by atoms with Crippen molar-refractivity contribution in [2.24, 2.45) is 22.5 Å². The average Bonchev–Trinajstić information content (AvgIpc) is 3.56. The zero-order chi connectivity index (χ0) is 31.8. The molecular formula is C29H41N5O8. The van der Waals surface area contributed by atoms with Gasteiger partial charge in [0.05, 0.1) is 12.8 Å². The molecule has 1 saturated heterocycles. The predicted molar refractivity (Wildman–Crippen MR) is 151 cm³/mol. The van der Waals surface area contributed by atoms with Gasteiger partial charge in [-0.3, -0.25) is 19.2 Å². The predicted octanol–water partition coefficient (Wildman–Crippen LogP) is 1.18. The van der Waals surface area contributed by atoms with Crippen molar-refractivity contribution < 1.29 is 37.9 Å². The number of ketones is 1. The molecule has 230 valence electrons. The summed E-state index contributed by atoms with van der Waals surface area (Å²) in [6, 6.07) is -0.667. The second kappa shape index (κ2) is 14.0. The molecule has 0 spiro atoms. The van der Waals surface area contributed by atoms with E-state index in [2.05, 4.69) is 28.3 Å². The van der Waals surface area contributed by atoms with Gasteiger partial charge in [-0.15, -0.1) is 5.73 Å². The molecule has 0 bridgehead atoms. The molecule has 13 heteroatoms. The standard InChI is InChI=1S/C29H41N5O8/c1-8-10-17-13-19(24(37)31-14-20(35)23(30)36)34(15-17)25(38)21(28(2,3)4)32-27(40)33-22(29(5,6)7)26(39)42-16-18-11-9-12-41-18/h9-12,17,19,21-22H,1,13-16H2,2-7H3,(H2,30,36)(H,31,37)(H2,32,33,40)/t17-,19+,21-,22-/m1/s1. The Labute approximate surface area is 245 Å². The largest absolute Gasteiger partial charge is 0.466 e. The highest BCUT2D eigenvalue weighted by molar-refractivity contribution is 6.36. The summed E-state index contributed by atoms with van der Waals surface area (Å²) in [6.45, 7) is 13.4. The molecule has 1 aliphatic heterocycles. The number of nitrogens with one attached hydrogen (secondary N) is 3. The van der Waals surface area contributed by atoms with Gasteiger partial charge >= 0.3 is 12.0 Å². The lowest BCUT2D eigenvalue weighted by atomic mass is 9.85. The summed E-state index contributed by atoms with van der Waals surface area (Å²) in [5, 5.41) is 7.67. The van der Waals surface area contributed by atoms with E-state index in [0.29, 0.717) is 5.76 Å². The topological polar surface area (TPSA) is 190 Å². The van der Waals surface area contributed by atoms with Gasteiger partial charge in [-0.2, -0.15) is 0 Å². The lowest BCUT2D eigenvalue weighted by Crippen LogP contribution is -2.61. The molecule has 0 aromatic carbocycles. The molecule has 5 amide bonds. The number of rotatable bonds is 11. The van der Waals surface area contributed by atoms with E-state index in [1.807, 2.05) is 0 Å². The van der Waals surface area contributed by atoms with E-state index in [4.69, 9.17) is 14.9 Å². The number of ether oxygens (including phenoxy) is 1. The number of amides is 5. The van der Waals surface area contributed by atoms with Crippen molar-refractivity contribution in [3.63, 3.8) is 0 Å². The number of hydrogen-bond donors (Lipinski definition) is 4. The Morgan fingerprint density at radius 1 is 1.12 bits per heavy atom. The minimum Gasteiger partial charge on any atom is -0.466 e. The number of carbonyl (C=O) groups is 6. The minimum atomic E-state index is -1.19. The van der Waals surface area contributed by atoms with Gasteiger partial charge in [0.25, 0.3) is 5.91 Å². The number of urea groups is 1. The molecule has 13 nitrogen and oxygen atoms in total. The molecular weight excluding hydrogens is 546 g/mol. The summed E-state index contributed by atoms with van der Waals surface area (Å²) in [4.78, 5) is 77.1. The number of furan rings is 1. The smallest absolute Gasteiger partial charge is 0.329 e. The highest BCUT2D eigenvalue weighted by Crippen LogP contribution is 2.29. The Morgan fingerprint density at radius 2 is 1.74 bits per heavy atom. The van der Waals surface area contributed by atoms with Crippen LogP contribution in [0.3, 0.4) is 0 Å². The third kappa shape index (κ3) is 9.34. The van der Waals surface area contributed by atoms with E-state index < -0.39 is 71.0 Å². The van der Waals surface area contributed by atoms with E-state index >= 15 is 0 Å². The molecule has 2 rings (SSSR count). The maximum atomic E-state index is 13.9. The minimum absolute atomic E-state index is 0.116. The number of likely N-dealkylation sites (tertiary alicyclic amines) is 1. The number of nitrogens with two attached hydrogens (primary N) is 1. The molecule has 1 aliphatic rings. The zero-order valence-corrected chi connectivity index (χ0v) is 24.9. The van der Waals surface area contributed by atoms with Crippen molar-refractivity contribution in [1.29, 1.82) is 0 Å². The van der Waals surface area contributed by atoms with Crippen LogP contribution in [0.15, 0.2) is 41.2 Å². The first-order chi connectivity index (χ1) is 19.4. The number of hydrogen-bond acceptors (Lipinski definition) is 8. The van der Waals surface area contributed by atoms with Crippen LogP contribution in [0.25, 0.3) is 0 Å². The summed E-state index contributed by atoms with van der Waals surface area (Å²) in [7, 11) is 0. The van der Waals surface area contributed by atoms with Crippen LogP contribution >= 0.6 is 0 Å². The Morgan fingerprint density at radius 3 is 2.26 bits per heavy atom. The van der Waals surface area contributed by atoms with Gasteiger partial charge in [-0.1, -0.05) is 48.1 Å². The maximum Gasteiger partial charge on any atom is 0.329 e. The van der Waals surface area contributed by atoms with Crippen LogP contribution in [-0.2, 0) is 35.3 Å². The average molecular weight is 588 g/mol. The Kier molecular flexibility index (Phi) is 11.3.